The first-order valence-corrected chi connectivity index (χ1v) is 12.8. The number of carbonyl (C=O) groups excluding carboxylic acids is 2. The van der Waals surface area contributed by atoms with Crippen LogP contribution in [0.5, 0.6) is 0 Å². The van der Waals surface area contributed by atoms with Crippen molar-refractivity contribution in [3.63, 3.8) is 0 Å². The predicted octanol–water partition coefficient (Wildman–Crippen LogP) is 4.77. The Labute approximate surface area is 198 Å². The highest BCUT2D eigenvalue weighted by Gasteiger charge is 2.18. The minimum Gasteiger partial charge on any atom is -0.356 e. The average molecular weight is 483 g/mol. The van der Waals surface area contributed by atoms with Crippen molar-refractivity contribution in [1.82, 2.24) is 20.1 Å². The monoisotopic (exact) mass is 482 g/mol. The van der Waals surface area contributed by atoms with E-state index < -0.39 is 0 Å². The number of benzene rings is 1. The summed E-state index contributed by atoms with van der Waals surface area (Å²) < 4.78 is 2.08. The molecular weight excluding hydrogens is 460 g/mol. The van der Waals surface area contributed by atoms with Gasteiger partial charge in [0.2, 0.25) is 5.91 Å². The maximum atomic E-state index is 12.8. The molecular formula is C23H22N4O2S3. The van der Waals surface area contributed by atoms with Gasteiger partial charge in [0.1, 0.15) is 0 Å². The molecule has 1 aromatic carbocycles. The summed E-state index contributed by atoms with van der Waals surface area (Å²) in [6.45, 7) is 2.72. The van der Waals surface area contributed by atoms with Crippen LogP contribution in [0.1, 0.15) is 27.0 Å². The van der Waals surface area contributed by atoms with Crippen LogP contribution in [0.15, 0.2) is 65.1 Å². The van der Waals surface area contributed by atoms with E-state index in [1.54, 1.807) is 11.3 Å². The minimum absolute atomic E-state index is 0.0456. The molecule has 1 amide bonds. The Bertz CT molecular complexity index is 1180. The fourth-order valence-corrected chi connectivity index (χ4v) is 5.69. The molecule has 0 saturated heterocycles. The van der Waals surface area contributed by atoms with E-state index in [2.05, 4.69) is 32.2 Å². The highest BCUT2D eigenvalue weighted by atomic mass is 32.2. The Hall–Kier alpha value is -2.75. The van der Waals surface area contributed by atoms with Crippen LogP contribution in [0, 0.1) is 0 Å². The van der Waals surface area contributed by atoms with Gasteiger partial charge in [0.15, 0.2) is 16.8 Å². The van der Waals surface area contributed by atoms with Crippen molar-refractivity contribution in [1.29, 1.82) is 0 Å². The number of nitrogens with one attached hydrogen (secondary N) is 1. The summed E-state index contributed by atoms with van der Waals surface area (Å²) in [7, 11) is 0. The van der Waals surface area contributed by atoms with E-state index in [9.17, 15) is 9.59 Å². The summed E-state index contributed by atoms with van der Waals surface area (Å²) in [4.78, 5) is 26.7. The number of carbonyl (C=O) groups is 2. The smallest absolute Gasteiger partial charge is 0.216 e. The minimum atomic E-state index is -0.0456. The number of ketones is 1. The lowest BCUT2D eigenvalue weighted by molar-refractivity contribution is -0.118. The first kappa shape index (κ1) is 22.4. The fraction of sp³-hybridized carbons (Fsp3) is 0.217. The van der Waals surface area contributed by atoms with Crippen LogP contribution in [-0.4, -0.2) is 38.8 Å². The van der Waals surface area contributed by atoms with Crippen LogP contribution in [0.4, 0.5) is 0 Å². The van der Waals surface area contributed by atoms with E-state index >= 15 is 0 Å². The molecule has 0 aliphatic rings. The van der Waals surface area contributed by atoms with Crippen LogP contribution in [0.2, 0.25) is 0 Å². The van der Waals surface area contributed by atoms with Crippen molar-refractivity contribution in [3.8, 4) is 10.7 Å². The fourth-order valence-electron chi connectivity index (χ4n) is 3.12. The summed E-state index contributed by atoms with van der Waals surface area (Å²) in [6.07, 6.45) is 0.722. The largest absolute Gasteiger partial charge is 0.356 e. The van der Waals surface area contributed by atoms with E-state index in [-0.39, 0.29) is 11.7 Å². The second kappa shape index (κ2) is 10.7. The molecule has 9 heteroatoms. The van der Waals surface area contributed by atoms with E-state index in [0.717, 1.165) is 37.6 Å². The number of hydrogen-bond acceptors (Lipinski definition) is 7. The van der Waals surface area contributed by atoms with Gasteiger partial charge < -0.3 is 5.32 Å². The highest BCUT2D eigenvalue weighted by Crippen LogP contribution is 2.29. The molecule has 1 N–H and O–H groups in total. The lowest BCUT2D eigenvalue weighted by Gasteiger charge is -2.09. The Kier molecular flexibility index (Phi) is 7.51. The molecule has 0 bridgehead atoms. The molecule has 4 aromatic rings. The first-order chi connectivity index (χ1) is 15.6. The van der Waals surface area contributed by atoms with Crippen molar-refractivity contribution in [2.24, 2.45) is 0 Å². The zero-order valence-electron chi connectivity index (χ0n) is 17.5. The SMILES string of the molecule is CC(=O)NCCc1ccc(C(=O)CSc2nnc(-c3cccs3)n2Cc2ccccc2)s1. The van der Waals surface area contributed by atoms with Gasteiger partial charge in [-0.3, -0.25) is 14.2 Å². The molecule has 0 aliphatic heterocycles. The molecule has 3 aromatic heterocycles. The number of nitrogens with zero attached hydrogens (tertiary/aromatic N) is 3. The number of amides is 1. The van der Waals surface area contributed by atoms with Gasteiger partial charge in [-0.05, 0) is 35.6 Å². The Morgan fingerprint density at radius 1 is 1.06 bits per heavy atom. The normalized spacial score (nSPS) is 10.9. The van der Waals surface area contributed by atoms with Gasteiger partial charge in [0, 0.05) is 18.3 Å². The molecule has 0 unspecified atom stereocenters. The summed E-state index contributed by atoms with van der Waals surface area (Å²) in [5.41, 5.74) is 1.15. The second-order valence-electron chi connectivity index (χ2n) is 7.07. The number of aromatic nitrogens is 3. The third kappa shape index (κ3) is 5.73. The molecule has 6 nitrogen and oxygen atoms in total. The molecule has 4 rings (SSSR count). The van der Waals surface area contributed by atoms with Crippen LogP contribution in [0.25, 0.3) is 10.7 Å². The number of thiophene rings is 2. The zero-order valence-corrected chi connectivity index (χ0v) is 19.9. The molecule has 0 radical (unpaired) electrons. The quantitative estimate of drug-likeness (QED) is 0.260. The molecule has 0 spiro atoms. The molecule has 0 fully saturated rings. The van der Waals surface area contributed by atoms with E-state index in [4.69, 9.17) is 0 Å². The summed E-state index contributed by atoms with van der Waals surface area (Å²) in [5.74, 6) is 1.13. The number of Topliss-reactive ketones (excluding diaryl/α,β-unsaturated/α-hetero) is 1. The van der Waals surface area contributed by atoms with Gasteiger partial charge in [0.25, 0.3) is 0 Å². The topological polar surface area (TPSA) is 76.9 Å². The predicted molar refractivity (Wildman–Crippen MR) is 131 cm³/mol. The van der Waals surface area contributed by atoms with Gasteiger partial charge in [0.05, 0.1) is 22.1 Å². The third-order valence-electron chi connectivity index (χ3n) is 4.66. The van der Waals surface area contributed by atoms with Crippen molar-refractivity contribution in [2.45, 2.75) is 25.0 Å². The Morgan fingerprint density at radius 3 is 2.66 bits per heavy atom. The van der Waals surface area contributed by atoms with E-state index in [0.29, 0.717) is 18.8 Å². The van der Waals surface area contributed by atoms with Gasteiger partial charge in [-0.2, -0.15) is 0 Å². The van der Waals surface area contributed by atoms with Crippen LogP contribution in [0.3, 0.4) is 0 Å². The Morgan fingerprint density at radius 2 is 1.91 bits per heavy atom. The van der Waals surface area contributed by atoms with Crippen LogP contribution < -0.4 is 5.32 Å². The standard InChI is InChI=1S/C23H22N4O2S3/c1-16(28)24-12-11-18-9-10-20(32-18)19(29)15-31-23-26-25-22(21-8-5-13-30-21)27(23)14-17-6-3-2-4-7-17/h2-10,13H,11-12,14-15H2,1H3,(H,24,28). The maximum Gasteiger partial charge on any atom is 0.216 e. The zero-order chi connectivity index (χ0) is 22.3. The van der Waals surface area contributed by atoms with Crippen LogP contribution >= 0.6 is 34.4 Å². The molecule has 0 aliphatic carbocycles. The maximum absolute atomic E-state index is 12.8. The number of hydrogen-bond donors (Lipinski definition) is 1. The van der Waals surface area contributed by atoms with E-state index in [1.165, 1.54) is 30.0 Å². The number of thioether (sulfide) groups is 1. The third-order valence-corrected chi connectivity index (χ3v) is 7.67. The summed E-state index contributed by atoms with van der Waals surface area (Å²) >= 11 is 4.52. The molecule has 0 saturated carbocycles. The van der Waals surface area contributed by atoms with Gasteiger partial charge in [-0.25, -0.2) is 0 Å². The van der Waals surface area contributed by atoms with Crippen LogP contribution in [-0.2, 0) is 17.8 Å². The van der Waals surface area contributed by atoms with Crippen molar-refractivity contribution >= 4 is 46.1 Å². The van der Waals surface area contributed by atoms with Gasteiger partial charge >= 0.3 is 0 Å². The second-order valence-corrected chi connectivity index (χ2v) is 10.1. The van der Waals surface area contributed by atoms with Gasteiger partial charge in [-0.1, -0.05) is 48.2 Å². The van der Waals surface area contributed by atoms with Gasteiger partial charge in [-0.15, -0.1) is 32.9 Å². The van der Waals surface area contributed by atoms with E-state index in [1.807, 2.05) is 47.8 Å². The molecule has 3 heterocycles. The van der Waals surface area contributed by atoms with Crippen molar-refractivity contribution in [2.75, 3.05) is 12.3 Å². The van der Waals surface area contributed by atoms with Crippen molar-refractivity contribution < 1.29 is 9.59 Å². The molecule has 0 atom stereocenters. The summed E-state index contributed by atoms with van der Waals surface area (Å²) in [5, 5.41) is 14.3. The molecule has 164 valence electrons. The average Bonchev–Trinajstić information content (AvgIpc) is 3.54. The highest BCUT2D eigenvalue weighted by molar-refractivity contribution is 7.99. The lowest BCUT2D eigenvalue weighted by atomic mass is 10.2. The Balaban J connectivity index is 1.45. The first-order valence-electron chi connectivity index (χ1n) is 10.1. The molecule has 32 heavy (non-hydrogen) atoms. The number of rotatable bonds is 10. The van der Waals surface area contributed by atoms with Crippen molar-refractivity contribution in [3.05, 3.63) is 75.3 Å². The lowest BCUT2D eigenvalue weighted by Crippen LogP contribution is -2.22. The summed E-state index contributed by atoms with van der Waals surface area (Å²) in [6, 6.07) is 18.0.